The molecule has 0 saturated heterocycles. The minimum absolute atomic E-state index is 0.153. The molecule has 0 unspecified atom stereocenters. The normalized spacial score (nSPS) is 11.8. The molecule has 0 aromatic heterocycles. The minimum atomic E-state index is -3.48. The zero-order chi connectivity index (χ0) is 16.9. The molecule has 0 radical (unpaired) electrons. The van der Waals surface area contributed by atoms with E-state index in [1.165, 1.54) is 12.1 Å². The molecular formula is C17H21FN2O2S. The highest BCUT2D eigenvalue weighted by atomic mass is 32.2. The molecule has 2 rings (SSSR count). The number of nitrogens with one attached hydrogen (secondary N) is 2. The lowest BCUT2D eigenvalue weighted by Crippen LogP contribution is -2.30. The monoisotopic (exact) mass is 336 g/mol. The topological polar surface area (TPSA) is 58.2 Å². The minimum Gasteiger partial charge on any atom is -0.309 e. The predicted octanol–water partition coefficient (Wildman–Crippen LogP) is 2.80. The zero-order valence-electron chi connectivity index (χ0n) is 13.2. The second-order valence-electron chi connectivity index (χ2n) is 5.65. The van der Waals surface area contributed by atoms with E-state index in [1.54, 1.807) is 44.2 Å². The van der Waals surface area contributed by atoms with Crippen molar-refractivity contribution in [1.29, 1.82) is 0 Å². The molecule has 0 aliphatic heterocycles. The van der Waals surface area contributed by atoms with Crippen LogP contribution in [0.1, 0.15) is 25.0 Å². The Morgan fingerprint density at radius 1 is 1.00 bits per heavy atom. The van der Waals surface area contributed by atoms with E-state index in [4.69, 9.17) is 0 Å². The van der Waals surface area contributed by atoms with E-state index < -0.39 is 10.0 Å². The van der Waals surface area contributed by atoms with Crippen molar-refractivity contribution in [2.45, 2.75) is 37.9 Å². The molecular weight excluding hydrogens is 315 g/mol. The molecule has 0 fully saturated rings. The van der Waals surface area contributed by atoms with Gasteiger partial charge in [0.25, 0.3) is 0 Å². The Hall–Kier alpha value is -1.76. The first kappa shape index (κ1) is 17.6. The number of hydrogen-bond donors (Lipinski definition) is 2. The van der Waals surface area contributed by atoms with E-state index in [9.17, 15) is 12.8 Å². The van der Waals surface area contributed by atoms with Gasteiger partial charge in [-0.3, -0.25) is 0 Å². The summed E-state index contributed by atoms with van der Waals surface area (Å²) in [5, 5.41) is 3.22. The van der Waals surface area contributed by atoms with Crippen LogP contribution in [0.25, 0.3) is 0 Å². The van der Waals surface area contributed by atoms with E-state index in [2.05, 4.69) is 10.0 Å². The molecule has 0 bridgehead atoms. The van der Waals surface area contributed by atoms with Crippen molar-refractivity contribution in [3.63, 3.8) is 0 Å². The Balaban J connectivity index is 1.99. The molecule has 0 amide bonds. The van der Waals surface area contributed by atoms with Crippen LogP contribution in [0.3, 0.4) is 0 Å². The summed E-state index contributed by atoms with van der Waals surface area (Å²) in [5.41, 5.74) is 1.84. The standard InChI is InChI=1S/C17H21FN2O2S/c1-13(2)20-23(21,22)17-5-3-4-15(10-17)12-19-11-14-6-8-16(18)9-7-14/h3-10,13,19-20H,11-12H2,1-2H3. The molecule has 0 saturated carbocycles. The smallest absolute Gasteiger partial charge is 0.240 e. The van der Waals surface area contributed by atoms with E-state index in [0.29, 0.717) is 13.1 Å². The maximum Gasteiger partial charge on any atom is 0.240 e. The summed E-state index contributed by atoms with van der Waals surface area (Å²) in [6.45, 7) is 4.68. The average molecular weight is 336 g/mol. The van der Waals surface area contributed by atoms with Crippen LogP contribution in [-0.2, 0) is 23.1 Å². The fourth-order valence-electron chi connectivity index (χ4n) is 2.15. The number of sulfonamides is 1. The van der Waals surface area contributed by atoms with Gasteiger partial charge in [0.05, 0.1) is 4.90 Å². The summed E-state index contributed by atoms with van der Waals surface area (Å²) >= 11 is 0. The Kier molecular flexibility index (Phi) is 5.87. The maximum absolute atomic E-state index is 12.8. The van der Waals surface area contributed by atoms with Gasteiger partial charge in [-0.2, -0.15) is 0 Å². The van der Waals surface area contributed by atoms with Crippen molar-refractivity contribution in [2.24, 2.45) is 0 Å². The van der Waals surface area contributed by atoms with Gasteiger partial charge in [-0.15, -0.1) is 0 Å². The van der Waals surface area contributed by atoms with Crippen LogP contribution in [0.5, 0.6) is 0 Å². The van der Waals surface area contributed by atoms with Crippen LogP contribution in [0, 0.1) is 5.82 Å². The lowest BCUT2D eigenvalue weighted by molar-refractivity contribution is 0.569. The third kappa shape index (κ3) is 5.42. The van der Waals surface area contributed by atoms with Crippen LogP contribution >= 0.6 is 0 Å². The summed E-state index contributed by atoms with van der Waals surface area (Å²) < 4.78 is 39.7. The van der Waals surface area contributed by atoms with Crippen molar-refractivity contribution in [1.82, 2.24) is 10.0 Å². The van der Waals surface area contributed by atoms with Crippen LogP contribution in [0.2, 0.25) is 0 Å². The predicted molar refractivity (Wildman–Crippen MR) is 88.8 cm³/mol. The zero-order valence-corrected chi connectivity index (χ0v) is 14.0. The average Bonchev–Trinajstić information content (AvgIpc) is 2.48. The number of hydrogen-bond acceptors (Lipinski definition) is 3. The van der Waals surface area contributed by atoms with Crippen LogP contribution < -0.4 is 10.0 Å². The van der Waals surface area contributed by atoms with Gasteiger partial charge < -0.3 is 5.32 Å². The van der Waals surface area contributed by atoms with E-state index in [0.717, 1.165) is 11.1 Å². The molecule has 4 nitrogen and oxygen atoms in total. The lowest BCUT2D eigenvalue weighted by Gasteiger charge is -2.11. The molecule has 0 atom stereocenters. The Bertz CT molecular complexity index is 743. The highest BCUT2D eigenvalue weighted by Gasteiger charge is 2.15. The molecule has 124 valence electrons. The Morgan fingerprint density at radius 2 is 1.65 bits per heavy atom. The number of benzene rings is 2. The molecule has 0 aliphatic rings. The van der Waals surface area contributed by atoms with Gasteiger partial charge in [0.15, 0.2) is 0 Å². The first-order valence-corrected chi connectivity index (χ1v) is 8.91. The van der Waals surface area contributed by atoms with Crippen molar-refractivity contribution >= 4 is 10.0 Å². The molecule has 23 heavy (non-hydrogen) atoms. The Labute approximate surface area is 136 Å². The maximum atomic E-state index is 12.8. The molecule has 2 aromatic rings. The van der Waals surface area contributed by atoms with E-state index in [1.807, 2.05) is 6.07 Å². The van der Waals surface area contributed by atoms with Crippen LogP contribution in [0.4, 0.5) is 4.39 Å². The lowest BCUT2D eigenvalue weighted by atomic mass is 10.2. The summed E-state index contributed by atoms with van der Waals surface area (Å²) in [4.78, 5) is 0.257. The fraction of sp³-hybridized carbons (Fsp3) is 0.294. The fourth-order valence-corrected chi connectivity index (χ4v) is 3.48. The van der Waals surface area contributed by atoms with E-state index >= 15 is 0 Å². The summed E-state index contributed by atoms with van der Waals surface area (Å²) in [5.74, 6) is -0.260. The van der Waals surface area contributed by atoms with Gasteiger partial charge in [0.1, 0.15) is 5.82 Å². The Morgan fingerprint density at radius 3 is 2.30 bits per heavy atom. The van der Waals surface area contributed by atoms with Gasteiger partial charge in [-0.25, -0.2) is 17.5 Å². The quantitative estimate of drug-likeness (QED) is 0.817. The van der Waals surface area contributed by atoms with Crippen molar-refractivity contribution in [3.05, 3.63) is 65.5 Å². The largest absolute Gasteiger partial charge is 0.309 e. The summed E-state index contributed by atoms with van der Waals surface area (Å²) in [6.07, 6.45) is 0. The summed E-state index contributed by atoms with van der Waals surface area (Å²) in [7, 11) is -3.48. The van der Waals surface area contributed by atoms with Crippen molar-refractivity contribution < 1.29 is 12.8 Å². The third-order valence-electron chi connectivity index (χ3n) is 3.17. The first-order valence-electron chi connectivity index (χ1n) is 7.43. The van der Waals surface area contributed by atoms with Gasteiger partial charge in [0.2, 0.25) is 10.0 Å². The summed E-state index contributed by atoms with van der Waals surface area (Å²) in [6, 6.07) is 12.9. The molecule has 2 aromatic carbocycles. The van der Waals surface area contributed by atoms with Gasteiger partial charge >= 0.3 is 0 Å². The highest BCUT2D eigenvalue weighted by molar-refractivity contribution is 7.89. The molecule has 2 N–H and O–H groups in total. The van der Waals surface area contributed by atoms with Gasteiger partial charge in [-0.05, 0) is 49.2 Å². The van der Waals surface area contributed by atoms with Gasteiger partial charge in [0, 0.05) is 19.1 Å². The third-order valence-corrected chi connectivity index (χ3v) is 4.83. The second-order valence-corrected chi connectivity index (χ2v) is 7.37. The van der Waals surface area contributed by atoms with Crippen molar-refractivity contribution in [2.75, 3.05) is 0 Å². The first-order chi connectivity index (χ1) is 10.9. The SMILES string of the molecule is CC(C)NS(=O)(=O)c1cccc(CNCc2ccc(F)cc2)c1. The molecule has 0 aliphatic carbocycles. The van der Waals surface area contributed by atoms with Crippen LogP contribution in [-0.4, -0.2) is 14.5 Å². The van der Waals surface area contributed by atoms with Crippen LogP contribution in [0.15, 0.2) is 53.4 Å². The highest BCUT2D eigenvalue weighted by Crippen LogP contribution is 2.12. The van der Waals surface area contributed by atoms with Crippen molar-refractivity contribution in [3.8, 4) is 0 Å². The molecule has 0 heterocycles. The number of rotatable bonds is 7. The number of halogens is 1. The second kappa shape index (κ2) is 7.68. The molecule has 0 spiro atoms. The van der Waals surface area contributed by atoms with Gasteiger partial charge in [-0.1, -0.05) is 24.3 Å². The molecule has 6 heteroatoms. The van der Waals surface area contributed by atoms with E-state index in [-0.39, 0.29) is 16.8 Å².